The van der Waals surface area contributed by atoms with Crippen molar-refractivity contribution in [2.75, 3.05) is 11.1 Å². The third kappa shape index (κ3) is 3.14. The van der Waals surface area contributed by atoms with Crippen LogP contribution in [-0.2, 0) is 6.54 Å². The Morgan fingerprint density at radius 3 is 2.47 bits per heavy atom. The third-order valence-corrected chi connectivity index (χ3v) is 2.86. The van der Waals surface area contributed by atoms with Crippen LogP contribution in [0.25, 0.3) is 0 Å². The van der Waals surface area contributed by atoms with Gasteiger partial charge in [-0.2, -0.15) is 0 Å². The number of aryl methyl sites for hydroxylation is 1. The first-order valence-electron chi connectivity index (χ1n) is 5.49. The summed E-state index contributed by atoms with van der Waals surface area (Å²) in [5, 5.41) is 4.06. The zero-order valence-corrected chi connectivity index (χ0v) is 10.5. The van der Waals surface area contributed by atoms with Crippen LogP contribution in [0.15, 0.2) is 42.5 Å². The Morgan fingerprint density at radius 1 is 1.12 bits per heavy atom. The van der Waals surface area contributed by atoms with Gasteiger partial charge in [-0.05, 0) is 42.3 Å². The average Bonchev–Trinajstić information content (AvgIpc) is 2.30. The fourth-order valence-electron chi connectivity index (χ4n) is 1.64. The summed E-state index contributed by atoms with van der Waals surface area (Å²) in [6.45, 7) is 2.77. The molecule has 2 aromatic carbocycles. The second kappa shape index (κ2) is 5.11. The van der Waals surface area contributed by atoms with Crippen molar-refractivity contribution in [3.05, 3.63) is 58.6 Å². The highest BCUT2D eigenvalue weighted by Gasteiger charge is 1.99. The van der Waals surface area contributed by atoms with Crippen LogP contribution in [0.2, 0.25) is 5.02 Å². The normalized spacial score (nSPS) is 10.2. The first-order chi connectivity index (χ1) is 8.15. The molecule has 0 unspecified atom stereocenters. The van der Waals surface area contributed by atoms with E-state index in [9.17, 15) is 0 Å². The Labute approximate surface area is 106 Å². The molecule has 2 nitrogen and oxygen atoms in total. The minimum absolute atomic E-state index is 0.741. The van der Waals surface area contributed by atoms with Gasteiger partial charge in [0.25, 0.3) is 0 Å². The van der Waals surface area contributed by atoms with E-state index in [-0.39, 0.29) is 0 Å². The molecule has 0 saturated heterocycles. The van der Waals surface area contributed by atoms with Crippen LogP contribution in [-0.4, -0.2) is 0 Å². The summed E-state index contributed by atoms with van der Waals surface area (Å²) in [6.07, 6.45) is 0. The second-order valence-corrected chi connectivity index (χ2v) is 4.51. The highest BCUT2D eigenvalue weighted by molar-refractivity contribution is 6.30. The molecule has 0 aliphatic rings. The van der Waals surface area contributed by atoms with Gasteiger partial charge < -0.3 is 11.1 Å². The predicted octanol–water partition coefficient (Wildman–Crippen LogP) is 3.84. The van der Waals surface area contributed by atoms with Crippen LogP contribution in [0.5, 0.6) is 0 Å². The molecule has 2 rings (SSSR count). The van der Waals surface area contributed by atoms with Crippen molar-refractivity contribution in [1.29, 1.82) is 0 Å². The van der Waals surface area contributed by atoms with Crippen molar-refractivity contribution in [3.63, 3.8) is 0 Å². The molecule has 2 aromatic rings. The molecule has 0 heterocycles. The lowest BCUT2D eigenvalue weighted by molar-refractivity contribution is 1.15. The van der Waals surface area contributed by atoms with Crippen molar-refractivity contribution < 1.29 is 0 Å². The Balaban J connectivity index is 2.04. The van der Waals surface area contributed by atoms with Gasteiger partial charge >= 0.3 is 0 Å². The van der Waals surface area contributed by atoms with Crippen LogP contribution < -0.4 is 11.1 Å². The molecule has 0 amide bonds. The van der Waals surface area contributed by atoms with Gasteiger partial charge in [-0.25, -0.2) is 0 Å². The standard InChI is InChI=1S/C14H15ClN2/c1-10-2-7-14(13(16)8-10)17-9-11-3-5-12(15)6-4-11/h2-8,17H,9,16H2,1H3. The molecule has 0 bridgehead atoms. The van der Waals surface area contributed by atoms with E-state index < -0.39 is 0 Å². The van der Waals surface area contributed by atoms with Crippen LogP contribution in [0.4, 0.5) is 11.4 Å². The van der Waals surface area contributed by atoms with Crippen molar-refractivity contribution in [2.24, 2.45) is 0 Å². The highest BCUT2D eigenvalue weighted by atomic mass is 35.5. The highest BCUT2D eigenvalue weighted by Crippen LogP contribution is 2.20. The van der Waals surface area contributed by atoms with E-state index in [4.69, 9.17) is 17.3 Å². The molecule has 0 saturated carbocycles. The summed E-state index contributed by atoms with van der Waals surface area (Å²) in [4.78, 5) is 0. The Kier molecular flexibility index (Phi) is 3.55. The molecule has 17 heavy (non-hydrogen) atoms. The molecule has 0 atom stereocenters. The molecule has 88 valence electrons. The van der Waals surface area contributed by atoms with Gasteiger partial charge in [0.15, 0.2) is 0 Å². The first-order valence-corrected chi connectivity index (χ1v) is 5.87. The van der Waals surface area contributed by atoms with Crippen LogP contribution >= 0.6 is 11.6 Å². The van der Waals surface area contributed by atoms with Gasteiger partial charge in [-0.3, -0.25) is 0 Å². The Bertz CT molecular complexity index is 506. The number of nitrogens with two attached hydrogens (primary N) is 1. The number of rotatable bonds is 3. The van der Waals surface area contributed by atoms with Crippen LogP contribution in [0, 0.1) is 6.92 Å². The maximum atomic E-state index is 5.93. The number of hydrogen-bond acceptors (Lipinski definition) is 2. The van der Waals surface area contributed by atoms with Crippen molar-refractivity contribution in [2.45, 2.75) is 13.5 Å². The topological polar surface area (TPSA) is 38.0 Å². The van der Waals surface area contributed by atoms with Crippen molar-refractivity contribution in [1.82, 2.24) is 0 Å². The van der Waals surface area contributed by atoms with E-state index in [1.54, 1.807) is 0 Å². The number of nitrogens with one attached hydrogen (secondary N) is 1. The zero-order valence-electron chi connectivity index (χ0n) is 9.70. The van der Waals surface area contributed by atoms with E-state index in [0.717, 1.165) is 22.9 Å². The fraction of sp³-hybridized carbons (Fsp3) is 0.143. The van der Waals surface area contributed by atoms with Crippen LogP contribution in [0.3, 0.4) is 0 Å². The smallest absolute Gasteiger partial charge is 0.0576 e. The van der Waals surface area contributed by atoms with Crippen molar-refractivity contribution >= 4 is 23.0 Å². The van der Waals surface area contributed by atoms with E-state index in [2.05, 4.69) is 5.32 Å². The van der Waals surface area contributed by atoms with Gasteiger partial charge in [0, 0.05) is 11.6 Å². The molecular formula is C14H15ClN2. The van der Waals surface area contributed by atoms with Gasteiger partial charge in [-0.15, -0.1) is 0 Å². The summed E-state index contributed by atoms with van der Waals surface area (Å²) >= 11 is 5.83. The second-order valence-electron chi connectivity index (χ2n) is 4.07. The van der Waals surface area contributed by atoms with E-state index in [1.807, 2.05) is 49.4 Å². The average molecular weight is 247 g/mol. The predicted molar refractivity (Wildman–Crippen MR) is 74.4 cm³/mol. The van der Waals surface area contributed by atoms with Gasteiger partial charge in [0.2, 0.25) is 0 Å². The summed E-state index contributed by atoms with van der Waals surface area (Å²) in [5.74, 6) is 0. The Morgan fingerprint density at radius 2 is 1.82 bits per heavy atom. The number of nitrogen functional groups attached to an aromatic ring is 1. The molecule has 0 fully saturated rings. The molecule has 0 spiro atoms. The third-order valence-electron chi connectivity index (χ3n) is 2.60. The molecule has 0 aliphatic carbocycles. The van der Waals surface area contributed by atoms with Gasteiger partial charge in [0.05, 0.1) is 11.4 Å². The van der Waals surface area contributed by atoms with Crippen LogP contribution in [0.1, 0.15) is 11.1 Å². The molecule has 0 radical (unpaired) electrons. The lowest BCUT2D eigenvalue weighted by Crippen LogP contribution is -2.02. The first kappa shape index (κ1) is 11.8. The molecule has 0 aromatic heterocycles. The number of benzene rings is 2. The zero-order chi connectivity index (χ0) is 12.3. The number of hydrogen-bond donors (Lipinski definition) is 2. The Hall–Kier alpha value is -1.67. The minimum atomic E-state index is 0.741. The molecular weight excluding hydrogens is 232 g/mol. The monoisotopic (exact) mass is 246 g/mol. The summed E-state index contributed by atoms with van der Waals surface area (Å²) in [5.41, 5.74) is 10.0. The summed E-state index contributed by atoms with van der Waals surface area (Å²) < 4.78 is 0. The summed E-state index contributed by atoms with van der Waals surface area (Å²) in [6, 6.07) is 13.8. The van der Waals surface area contributed by atoms with E-state index >= 15 is 0 Å². The van der Waals surface area contributed by atoms with Gasteiger partial charge in [0.1, 0.15) is 0 Å². The quantitative estimate of drug-likeness (QED) is 0.808. The van der Waals surface area contributed by atoms with E-state index in [1.165, 1.54) is 11.1 Å². The summed E-state index contributed by atoms with van der Waals surface area (Å²) in [7, 11) is 0. The number of anilines is 2. The van der Waals surface area contributed by atoms with Gasteiger partial charge in [-0.1, -0.05) is 29.8 Å². The molecule has 3 N–H and O–H groups in total. The largest absolute Gasteiger partial charge is 0.397 e. The lowest BCUT2D eigenvalue weighted by Gasteiger charge is -2.10. The minimum Gasteiger partial charge on any atom is -0.397 e. The maximum Gasteiger partial charge on any atom is 0.0576 e. The SMILES string of the molecule is Cc1ccc(NCc2ccc(Cl)cc2)c(N)c1. The van der Waals surface area contributed by atoms with Crippen molar-refractivity contribution in [3.8, 4) is 0 Å². The fourth-order valence-corrected chi connectivity index (χ4v) is 1.77. The lowest BCUT2D eigenvalue weighted by atomic mass is 10.2. The van der Waals surface area contributed by atoms with E-state index in [0.29, 0.717) is 0 Å². The number of halogens is 1. The molecule has 3 heteroatoms. The molecule has 0 aliphatic heterocycles. The maximum absolute atomic E-state index is 5.93.